The zero-order valence-electron chi connectivity index (χ0n) is 11.0. The van der Waals surface area contributed by atoms with Gasteiger partial charge in [0, 0.05) is 13.1 Å². The average Bonchev–Trinajstić information content (AvgIpc) is 2.30. The number of aryl methyl sites for hydroxylation is 1. The molecule has 0 saturated carbocycles. The average molecular weight is 234 g/mol. The number of nitrogens with zero attached hydrogens (tertiary/aromatic N) is 1. The van der Waals surface area contributed by atoms with Gasteiger partial charge in [-0.3, -0.25) is 0 Å². The van der Waals surface area contributed by atoms with E-state index in [9.17, 15) is 0 Å². The van der Waals surface area contributed by atoms with E-state index in [4.69, 9.17) is 4.74 Å². The Morgan fingerprint density at radius 3 is 3.06 bits per heavy atom. The SMILES string of the molecule is CCNCCN1CC(C)Oc2ccc(C)cc21. The molecule has 1 aromatic carbocycles. The molecule has 1 aromatic rings. The van der Waals surface area contributed by atoms with Crippen molar-refractivity contribution < 1.29 is 4.74 Å². The lowest BCUT2D eigenvalue weighted by Crippen LogP contribution is -2.41. The maximum atomic E-state index is 5.86. The Morgan fingerprint density at radius 2 is 2.29 bits per heavy atom. The molecule has 1 unspecified atom stereocenters. The first kappa shape index (κ1) is 12.2. The van der Waals surface area contributed by atoms with E-state index in [1.807, 2.05) is 0 Å². The second-order valence-corrected chi connectivity index (χ2v) is 4.70. The molecule has 2 rings (SSSR count). The number of benzene rings is 1. The molecule has 1 atom stereocenters. The first-order valence-electron chi connectivity index (χ1n) is 6.43. The van der Waals surface area contributed by atoms with Gasteiger partial charge in [-0.15, -0.1) is 0 Å². The van der Waals surface area contributed by atoms with E-state index < -0.39 is 0 Å². The summed E-state index contributed by atoms with van der Waals surface area (Å²) in [6.07, 6.45) is 0.270. The molecule has 0 spiro atoms. The number of fused-ring (bicyclic) bond motifs is 1. The third kappa shape index (κ3) is 2.91. The van der Waals surface area contributed by atoms with Crippen LogP contribution in [-0.4, -0.2) is 32.3 Å². The lowest BCUT2D eigenvalue weighted by Gasteiger charge is -2.35. The summed E-state index contributed by atoms with van der Waals surface area (Å²) in [6.45, 7) is 10.5. The van der Waals surface area contributed by atoms with Gasteiger partial charge in [0.15, 0.2) is 0 Å². The topological polar surface area (TPSA) is 24.5 Å². The van der Waals surface area contributed by atoms with Gasteiger partial charge in [0.25, 0.3) is 0 Å². The quantitative estimate of drug-likeness (QED) is 0.808. The molecule has 94 valence electrons. The lowest BCUT2D eigenvalue weighted by atomic mass is 10.1. The van der Waals surface area contributed by atoms with Crippen molar-refractivity contribution in [3.05, 3.63) is 23.8 Å². The van der Waals surface area contributed by atoms with Crippen LogP contribution in [0.4, 0.5) is 5.69 Å². The number of hydrogen-bond donors (Lipinski definition) is 1. The molecule has 0 fully saturated rings. The molecule has 1 heterocycles. The van der Waals surface area contributed by atoms with E-state index >= 15 is 0 Å². The fourth-order valence-electron chi connectivity index (χ4n) is 2.24. The summed E-state index contributed by atoms with van der Waals surface area (Å²) < 4.78 is 5.86. The van der Waals surface area contributed by atoms with Gasteiger partial charge in [-0.1, -0.05) is 13.0 Å². The number of rotatable bonds is 4. The number of likely N-dealkylation sites (N-methyl/N-ethyl adjacent to an activating group) is 1. The zero-order chi connectivity index (χ0) is 12.3. The van der Waals surface area contributed by atoms with E-state index in [0.29, 0.717) is 0 Å². The van der Waals surface area contributed by atoms with Crippen LogP contribution in [0.3, 0.4) is 0 Å². The maximum absolute atomic E-state index is 5.86. The molecule has 0 aliphatic carbocycles. The van der Waals surface area contributed by atoms with Crippen LogP contribution >= 0.6 is 0 Å². The zero-order valence-corrected chi connectivity index (χ0v) is 11.0. The third-order valence-electron chi connectivity index (χ3n) is 3.07. The lowest BCUT2D eigenvalue weighted by molar-refractivity contribution is 0.212. The van der Waals surface area contributed by atoms with Crippen molar-refractivity contribution in [2.24, 2.45) is 0 Å². The van der Waals surface area contributed by atoms with E-state index in [1.165, 1.54) is 11.3 Å². The Kier molecular flexibility index (Phi) is 3.89. The van der Waals surface area contributed by atoms with Crippen LogP contribution in [0.15, 0.2) is 18.2 Å². The fraction of sp³-hybridized carbons (Fsp3) is 0.571. The monoisotopic (exact) mass is 234 g/mol. The van der Waals surface area contributed by atoms with Crippen LogP contribution < -0.4 is 15.0 Å². The molecular formula is C14H22N2O. The summed E-state index contributed by atoms with van der Waals surface area (Å²) in [6, 6.07) is 6.41. The standard InChI is InChI=1S/C14H22N2O/c1-4-15-7-8-16-10-12(3)17-14-6-5-11(2)9-13(14)16/h5-6,9,12,15H,4,7-8,10H2,1-3H3. The third-order valence-corrected chi connectivity index (χ3v) is 3.07. The van der Waals surface area contributed by atoms with Crippen LogP contribution in [0, 0.1) is 6.92 Å². The molecule has 0 bridgehead atoms. The van der Waals surface area contributed by atoms with Crippen molar-refractivity contribution in [2.45, 2.75) is 26.9 Å². The highest BCUT2D eigenvalue weighted by atomic mass is 16.5. The number of nitrogens with one attached hydrogen (secondary N) is 1. The van der Waals surface area contributed by atoms with E-state index in [-0.39, 0.29) is 6.10 Å². The van der Waals surface area contributed by atoms with Crippen LogP contribution in [0.25, 0.3) is 0 Å². The van der Waals surface area contributed by atoms with Gasteiger partial charge >= 0.3 is 0 Å². The second kappa shape index (κ2) is 5.41. The van der Waals surface area contributed by atoms with E-state index in [2.05, 4.69) is 49.2 Å². The van der Waals surface area contributed by atoms with Gasteiger partial charge in [0.2, 0.25) is 0 Å². The van der Waals surface area contributed by atoms with Crippen LogP contribution in [0.2, 0.25) is 0 Å². The minimum Gasteiger partial charge on any atom is -0.487 e. The molecule has 3 heteroatoms. The van der Waals surface area contributed by atoms with Crippen molar-refractivity contribution in [2.75, 3.05) is 31.1 Å². The Hall–Kier alpha value is -1.22. The van der Waals surface area contributed by atoms with Crippen molar-refractivity contribution in [1.82, 2.24) is 5.32 Å². The molecular weight excluding hydrogens is 212 g/mol. The van der Waals surface area contributed by atoms with Crippen molar-refractivity contribution in [3.63, 3.8) is 0 Å². The van der Waals surface area contributed by atoms with Gasteiger partial charge in [0.1, 0.15) is 11.9 Å². The van der Waals surface area contributed by atoms with Crippen LogP contribution in [0.5, 0.6) is 5.75 Å². The first-order chi connectivity index (χ1) is 8.20. The number of ether oxygens (including phenoxy) is 1. The maximum Gasteiger partial charge on any atom is 0.143 e. The van der Waals surface area contributed by atoms with Gasteiger partial charge < -0.3 is 15.0 Å². The van der Waals surface area contributed by atoms with Gasteiger partial charge in [-0.05, 0) is 38.1 Å². The number of anilines is 1. The highest BCUT2D eigenvalue weighted by Crippen LogP contribution is 2.33. The van der Waals surface area contributed by atoms with E-state index in [1.54, 1.807) is 0 Å². The Bertz CT molecular complexity index is 378. The molecule has 17 heavy (non-hydrogen) atoms. The van der Waals surface area contributed by atoms with Crippen molar-refractivity contribution in [1.29, 1.82) is 0 Å². The first-order valence-corrected chi connectivity index (χ1v) is 6.43. The molecule has 3 nitrogen and oxygen atoms in total. The van der Waals surface area contributed by atoms with Crippen LogP contribution in [-0.2, 0) is 0 Å². The fourth-order valence-corrected chi connectivity index (χ4v) is 2.24. The number of hydrogen-bond acceptors (Lipinski definition) is 3. The highest BCUT2D eigenvalue weighted by Gasteiger charge is 2.22. The minimum atomic E-state index is 0.270. The molecule has 0 amide bonds. The summed E-state index contributed by atoms with van der Waals surface area (Å²) >= 11 is 0. The molecule has 1 aliphatic rings. The molecule has 1 N–H and O–H groups in total. The Labute approximate surface area is 104 Å². The van der Waals surface area contributed by atoms with Crippen LogP contribution in [0.1, 0.15) is 19.4 Å². The summed E-state index contributed by atoms with van der Waals surface area (Å²) in [7, 11) is 0. The predicted molar refractivity (Wildman–Crippen MR) is 72.0 cm³/mol. The van der Waals surface area contributed by atoms with E-state index in [0.717, 1.165) is 31.9 Å². The summed E-state index contributed by atoms with van der Waals surface area (Å²) in [5.74, 6) is 1.02. The Morgan fingerprint density at radius 1 is 1.47 bits per heavy atom. The summed E-state index contributed by atoms with van der Waals surface area (Å²) in [5, 5.41) is 3.37. The predicted octanol–water partition coefficient (Wildman–Crippen LogP) is 2.19. The van der Waals surface area contributed by atoms with Crippen molar-refractivity contribution in [3.8, 4) is 5.75 Å². The van der Waals surface area contributed by atoms with Crippen molar-refractivity contribution >= 4 is 5.69 Å². The molecule has 0 aromatic heterocycles. The van der Waals surface area contributed by atoms with Gasteiger partial charge in [-0.2, -0.15) is 0 Å². The van der Waals surface area contributed by atoms with Gasteiger partial charge in [0.05, 0.1) is 12.2 Å². The summed E-state index contributed by atoms with van der Waals surface area (Å²) in [5.41, 5.74) is 2.52. The summed E-state index contributed by atoms with van der Waals surface area (Å²) in [4.78, 5) is 2.42. The minimum absolute atomic E-state index is 0.270. The molecule has 0 saturated heterocycles. The normalized spacial score (nSPS) is 18.8. The largest absolute Gasteiger partial charge is 0.487 e. The molecule has 1 aliphatic heterocycles. The highest BCUT2D eigenvalue weighted by molar-refractivity contribution is 5.61. The van der Waals surface area contributed by atoms with Gasteiger partial charge in [-0.25, -0.2) is 0 Å². The second-order valence-electron chi connectivity index (χ2n) is 4.70. The smallest absolute Gasteiger partial charge is 0.143 e. The molecule has 0 radical (unpaired) electrons. The Balaban J connectivity index is 2.14.